The third-order valence-electron chi connectivity index (χ3n) is 3.05. The van der Waals surface area contributed by atoms with Crippen LogP contribution >= 0.6 is 0 Å². The molecule has 1 rings (SSSR count). The first-order chi connectivity index (χ1) is 6.85. The van der Waals surface area contributed by atoms with Gasteiger partial charge in [-0.05, 0) is 31.1 Å². The molecular formula is C13H23NO. The molecule has 0 aromatic carbocycles. The molecule has 0 spiro atoms. The Morgan fingerprint density at radius 2 is 2.20 bits per heavy atom. The van der Waals surface area contributed by atoms with Gasteiger partial charge in [0.2, 0.25) is 5.91 Å². The molecule has 0 saturated heterocycles. The lowest BCUT2D eigenvalue weighted by Crippen LogP contribution is -2.33. The molecule has 1 atom stereocenters. The van der Waals surface area contributed by atoms with E-state index in [4.69, 9.17) is 0 Å². The van der Waals surface area contributed by atoms with Crippen molar-refractivity contribution in [3.05, 3.63) is 11.8 Å². The first-order valence-electron chi connectivity index (χ1n) is 5.84. The molecule has 0 aliphatic heterocycles. The van der Waals surface area contributed by atoms with Gasteiger partial charge in [-0.1, -0.05) is 26.8 Å². The Labute approximate surface area is 93.3 Å². The highest BCUT2D eigenvalue weighted by Crippen LogP contribution is 2.38. The number of hydrogen-bond acceptors (Lipinski definition) is 1. The molecule has 0 radical (unpaired) electrons. The maximum absolute atomic E-state index is 11.5. The van der Waals surface area contributed by atoms with E-state index < -0.39 is 0 Å². The molecule has 0 fully saturated rings. The third kappa shape index (κ3) is 3.08. The third-order valence-corrected chi connectivity index (χ3v) is 3.05. The van der Waals surface area contributed by atoms with Crippen molar-refractivity contribution in [2.24, 2.45) is 11.3 Å². The van der Waals surface area contributed by atoms with Crippen LogP contribution in [0.2, 0.25) is 0 Å². The first kappa shape index (κ1) is 12.3. The summed E-state index contributed by atoms with van der Waals surface area (Å²) in [5.41, 5.74) is 1.54. The molecule has 1 aliphatic carbocycles. The lowest BCUT2D eigenvalue weighted by Gasteiger charge is -2.37. The van der Waals surface area contributed by atoms with Gasteiger partial charge in [-0.3, -0.25) is 4.79 Å². The van der Waals surface area contributed by atoms with Crippen molar-refractivity contribution in [3.63, 3.8) is 0 Å². The van der Waals surface area contributed by atoms with Gasteiger partial charge in [0, 0.05) is 19.2 Å². The Bertz CT molecular complexity index is 278. The standard InChI is InChI=1S/C13H23NO/c1-6-14(11(3)15)12-7-10(2)8-13(4,5)9-12/h7,10H,6,8-9H2,1-5H3. The molecule has 0 heterocycles. The van der Waals surface area contributed by atoms with Gasteiger partial charge < -0.3 is 4.90 Å². The minimum absolute atomic E-state index is 0.161. The summed E-state index contributed by atoms with van der Waals surface area (Å²) >= 11 is 0. The number of carbonyl (C=O) groups is 1. The average Bonchev–Trinajstić information content (AvgIpc) is 1.99. The minimum Gasteiger partial charge on any atom is -0.317 e. The number of carbonyl (C=O) groups excluding carboxylic acids is 1. The molecule has 2 nitrogen and oxygen atoms in total. The van der Waals surface area contributed by atoms with Crippen molar-refractivity contribution >= 4 is 5.91 Å². The lowest BCUT2D eigenvalue weighted by molar-refractivity contribution is -0.127. The second-order valence-electron chi connectivity index (χ2n) is 5.44. The summed E-state index contributed by atoms with van der Waals surface area (Å²) < 4.78 is 0. The van der Waals surface area contributed by atoms with Crippen LogP contribution in [0.1, 0.15) is 47.5 Å². The summed E-state index contributed by atoms with van der Waals surface area (Å²) in [6, 6.07) is 0. The fourth-order valence-electron chi connectivity index (χ4n) is 2.69. The monoisotopic (exact) mass is 209 g/mol. The van der Waals surface area contributed by atoms with E-state index in [1.807, 2.05) is 11.8 Å². The Morgan fingerprint density at radius 1 is 1.60 bits per heavy atom. The van der Waals surface area contributed by atoms with E-state index in [0.29, 0.717) is 11.3 Å². The summed E-state index contributed by atoms with van der Waals surface area (Å²) in [6.45, 7) is 11.3. The molecule has 0 N–H and O–H groups in total. The summed E-state index contributed by atoms with van der Waals surface area (Å²) in [7, 11) is 0. The number of hydrogen-bond donors (Lipinski definition) is 0. The predicted octanol–water partition coefficient (Wildman–Crippen LogP) is 3.19. The molecule has 1 amide bonds. The van der Waals surface area contributed by atoms with Gasteiger partial charge >= 0.3 is 0 Å². The molecular weight excluding hydrogens is 186 g/mol. The van der Waals surface area contributed by atoms with Crippen LogP contribution in [-0.4, -0.2) is 17.4 Å². The minimum atomic E-state index is 0.161. The van der Waals surface area contributed by atoms with Gasteiger partial charge in [0.1, 0.15) is 0 Å². The normalized spacial score (nSPS) is 24.6. The molecule has 0 saturated carbocycles. The SMILES string of the molecule is CCN(C(C)=O)C1=CC(C)CC(C)(C)C1. The molecule has 0 aromatic rings. The van der Waals surface area contributed by atoms with Gasteiger partial charge in [0.25, 0.3) is 0 Å². The lowest BCUT2D eigenvalue weighted by atomic mass is 9.75. The molecule has 0 bridgehead atoms. The van der Waals surface area contributed by atoms with Crippen LogP contribution in [0.5, 0.6) is 0 Å². The van der Waals surface area contributed by atoms with Crippen molar-refractivity contribution in [2.45, 2.75) is 47.5 Å². The fraction of sp³-hybridized carbons (Fsp3) is 0.769. The van der Waals surface area contributed by atoms with Gasteiger partial charge in [-0.15, -0.1) is 0 Å². The van der Waals surface area contributed by atoms with E-state index in [9.17, 15) is 4.79 Å². The maximum atomic E-state index is 11.5. The van der Waals surface area contributed by atoms with E-state index in [1.54, 1.807) is 6.92 Å². The van der Waals surface area contributed by atoms with E-state index in [0.717, 1.165) is 13.0 Å². The molecule has 86 valence electrons. The van der Waals surface area contributed by atoms with Gasteiger partial charge in [-0.2, -0.15) is 0 Å². The van der Waals surface area contributed by atoms with Gasteiger partial charge in [0.15, 0.2) is 0 Å². The molecule has 15 heavy (non-hydrogen) atoms. The summed E-state index contributed by atoms with van der Waals surface area (Å²) in [6.07, 6.45) is 4.49. The fourth-order valence-corrected chi connectivity index (χ4v) is 2.69. The van der Waals surface area contributed by atoms with E-state index in [1.165, 1.54) is 12.1 Å². The van der Waals surface area contributed by atoms with Crippen LogP contribution in [0.25, 0.3) is 0 Å². The van der Waals surface area contributed by atoms with E-state index in [-0.39, 0.29) is 5.91 Å². The largest absolute Gasteiger partial charge is 0.317 e. The maximum Gasteiger partial charge on any atom is 0.223 e. The number of nitrogens with zero attached hydrogens (tertiary/aromatic N) is 1. The van der Waals surface area contributed by atoms with Crippen LogP contribution in [0, 0.1) is 11.3 Å². The highest BCUT2D eigenvalue weighted by Gasteiger charge is 2.29. The number of rotatable bonds is 2. The van der Waals surface area contributed by atoms with Crippen LogP contribution in [0.15, 0.2) is 11.8 Å². The van der Waals surface area contributed by atoms with Crippen LogP contribution in [0.3, 0.4) is 0 Å². The van der Waals surface area contributed by atoms with Crippen molar-refractivity contribution in [3.8, 4) is 0 Å². The number of amides is 1. The van der Waals surface area contributed by atoms with Gasteiger partial charge in [0.05, 0.1) is 0 Å². The quantitative estimate of drug-likeness (QED) is 0.684. The molecule has 1 aliphatic rings. The van der Waals surface area contributed by atoms with Crippen molar-refractivity contribution in [1.29, 1.82) is 0 Å². The zero-order valence-electron chi connectivity index (χ0n) is 10.6. The zero-order chi connectivity index (χ0) is 11.6. The Balaban J connectivity index is 2.89. The average molecular weight is 209 g/mol. The first-order valence-corrected chi connectivity index (χ1v) is 5.84. The summed E-state index contributed by atoms with van der Waals surface area (Å²) in [5, 5.41) is 0. The summed E-state index contributed by atoms with van der Waals surface area (Å²) in [4.78, 5) is 13.4. The Kier molecular flexibility index (Phi) is 3.58. The van der Waals surface area contributed by atoms with Crippen LogP contribution in [0.4, 0.5) is 0 Å². The van der Waals surface area contributed by atoms with Crippen LogP contribution < -0.4 is 0 Å². The highest BCUT2D eigenvalue weighted by atomic mass is 16.2. The second-order valence-corrected chi connectivity index (χ2v) is 5.44. The zero-order valence-corrected chi connectivity index (χ0v) is 10.6. The van der Waals surface area contributed by atoms with Gasteiger partial charge in [-0.25, -0.2) is 0 Å². The number of allylic oxidation sites excluding steroid dienone is 2. The smallest absolute Gasteiger partial charge is 0.223 e. The van der Waals surface area contributed by atoms with E-state index in [2.05, 4.69) is 26.8 Å². The van der Waals surface area contributed by atoms with Crippen LogP contribution in [-0.2, 0) is 4.79 Å². The topological polar surface area (TPSA) is 20.3 Å². The van der Waals surface area contributed by atoms with Crippen molar-refractivity contribution in [1.82, 2.24) is 4.90 Å². The second kappa shape index (κ2) is 4.38. The Morgan fingerprint density at radius 3 is 2.60 bits per heavy atom. The van der Waals surface area contributed by atoms with Crippen molar-refractivity contribution in [2.75, 3.05) is 6.54 Å². The predicted molar refractivity (Wildman–Crippen MR) is 63.3 cm³/mol. The summed E-state index contributed by atoms with van der Waals surface area (Å²) in [5.74, 6) is 0.741. The highest BCUT2D eigenvalue weighted by molar-refractivity contribution is 5.75. The van der Waals surface area contributed by atoms with E-state index >= 15 is 0 Å². The Hall–Kier alpha value is -0.790. The molecule has 0 aromatic heterocycles. The van der Waals surface area contributed by atoms with Crippen molar-refractivity contribution < 1.29 is 4.79 Å². The molecule has 2 heteroatoms. The molecule has 1 unspecified atom stereocenters.